The molecule has 118 valence electrons. The van der Waals surface area contributed by atoms with Crippen molar-refractivity contribution in [2.45, 2.75) is 24.7 Å². The number of benzene rings is 1. The molecule has 4 rings (SSSR count). The van der Waals surface area contributed by atoms with Gasteiger partial charge in [-0.25, -0.2) is 9.89 Å². The van der Waals surface area contributed by atoms with E-state index in [0.717, 1.165) is 25.9 Å². The van der Waals surface area contributed by atoms with E-state index in [-0.39, 0.29) is 23.4 Å². The van der Waals surface area contributed by atoms with Gasteiger partial charge in [-0.1, -0.05) is 36.4 Å². The lowest BCUT2D eigenvalue weighted by molar-refractivity contribution is -0.131. The summed E-state index contributed by atoms with van der Waals surface area (Å²) in [5.74, 6) is 0.407. The molecule has 1 aromatic heterocycles. The highest BCUT2D eigenvalue weighted by Crippen LogP contribution is 2.43. The van der Waals surface area contributed by atoms with Gasteiger partial charge in [0.1, 0.15) is 5.82 Å². The first-order valence-electron chi connectivity index (χ1n) is 7.86. The summed E-state index contributed by atoms with van der Waals surface area (Å²) in [7, 11) is 0. The molecule has 0 radical (unpaired) electrons. The Labute approximate surface area is 133 Å². The molecule has 23 heavy (non-hydrogen) atoms. The molecule has 6 heteroatoms. The van der Waals surface area contributed by atoms with Crippen LogP contribution in [-0.2, 0) is 16.6 Å². The number of aromatic nitrogens is 3. The minimum absolute atomic E-state index is 0.0119. The van der Waals surface area contributed by atoms with Gasteiger partial charge in [0.2, 0.25) is 5.91 Å². The zero-order chi connectivity index (χ0) is 15.9. The van der Waals surface area contributed by atoms with E-state index in [9.17, 15) is 9.59 Å². The monoisotopic (exact) mass is 310 g/mol. The number of likely N-dealkylation sites (tertiary alicyclic amines) is 1. The van der Waals surface area contributed by atoms with E-state index in [4.69, 9.17) is 0 Å². The molecule has 2 N–H and O–H groups in total. The molecule has 0 unspecified atom stereocenters. The number of hydrogen-bond donors (Lipinski definition) is 2. The lowest BCUT2D eigenvalue weighted by Crippen LogP contribution is -2.44. The van der Waals surface area contributed by atoms with Crippen molar-refractivity contribution in [3.63, 3.8) is 0 Å². The quantitative estimate of drug-likeness (QED) is 0.875. The highest BCUT2D eigenvalue weighted by molar-refractivity contribution is 5.78. The molecule has 1 aliphatic carbocycles. The Balaban J connectivity index is 1.45. The summed E-state index contributed by atoms with van der Waals surface area (Å²) in [4.78, 5) is 27.8. The molecule has 0 saturated carbocycles. The van der Waals surface area contributed by atoms with Crippen LogP contribution in [0.1, 0.15) is 29.8 Å². The maximum absolute atomic E-state index is 12.4. The van der Waals surface area contributed by atoms with Crippen LogP contribution in [0, 0.1) is 0 Å². The second-order valence-electron chi connectivity index (χ2n) is 6.26. The number of nitrogens with zero attached hydrogens (tertiary/aromatic N) is 2. The maximum Gasteiger partial charge on any atom is 0.340 e. The van der Waals surface area contributed by atoms with Gasteiger partial charge in [-0.05, 0) is 24.0 Å². The predicted octanol–water partition coefficient (Wildman–Crippen LogP) is 1.23. The first kappa shape index (κ1) is 14.0. The van der Waals surface area contributed by atoms with E-state index >= 15 is 0 Å². The summed E-state index contributed by atoms with van der Waals surface area (Å²) < 4.78 is 0. The van der Waals surface area contributed by atoms with Crippen molar-refractivity contribution in [1.82, 2.24) is 20.1 Å². The zero-order valence-electron chi connectivity index (χ0n) is 12.7. The molecule has 0 bridgehead atoms. The molecule has 6 nitrogen and oxygen atoms in total. The fourth-order valence-corrected chi connectivity index (χ4v) is 3.67. The molecule has 1 spiro atoms. The minimum atomic E-state index is -0.377. The third-order valence-electron chi connectivity index (χ3n) is 4.96. The van der Waals surface area contributed by atoms with Crippen LogP contribution in [0.4, 0.5) is 0 Å². The van der Waals surface area contributed by atoms with Crippen LogP contribution in [0.15, 0.2) is 35.1 Å². The van der Waals surface area contributed by atoms with Crippen LogP contribution in [0.25, 0.3) is 6.08 Å². The van der Waals surface area contributed by atoms with Gasteiger partial charge < -0.3 is 4.90 Å². The van der Waals surface area contributed by atoms with Crippen molar-refractivity contribution in [3.8, 4) is 0 Å². The number of nitrogens with one attached hydrogen (secondary N) is 2. The van der Waals surface area contributed by atoms with E-state index in [1.165, 1.54) is 11.1 Å². The van der Waals surface area contributed by atoms with E-state index < -0.39 is 0 Å². The SMILES string of the molecule is O=C(Cc1n[nH]c(=O)[nH]1)N1CCC2(C=Cc3ccccc32)CC1. The van der Waals surface area contributed by atoms with Crippen LogP contribution < -0.4 is 5.69 Å². The number of amides is 1. The Bertz CT molecular complexity index is 825. The predicted molar refractivity (Wildman–Crippen MR) is 85.9 cm³/mol. The molecule has 1 saturated heterocycles. The lowest BCUT2D eigenvalue weighted by Gasteiger charge is -2.39. The molecule has 1 aromatic carbocycles. The molecular formula is C17H18N4O2. The van der Waals surface area contributed by atoms with Crippen molar-refractivity contribution in [1.29, 1.82) is 0 Å². The third-order valence-corrected chi connectivity index (χ3v) is 4.96. The number of fused-ring (bicyclic) bond motifs is 2. The van der Waals surface area contributed by atoms with Crippen LogP contribution in [0.2, 0.25) is 0 Å². The topological polar surface area (TPSA) is 81.8 Å². The van der Waals surface area contributed by atoms with E-state index in [2.05, 4.69) is 51.6 Å². The summed E-state index contributed by atoms with van der Waals surface area (Å²) in [5, 5.41) is 6.09. The van der Waals surface area contributed by atoms with Gasteiger partial charge in [0, 0.05) is 18.5 Å². The van der Waals surface area contributed by atoms with E-state index in [0.29, 0.717) is 5.82 Å². The van der Waals surface area contributed by atoms with Crippen LogP contribution in [-0.4, -0.2) is 39.1 Å². The van der Waals surface area contributed by atoms with Crippen molar-refractivity contribution in [2.24, 2.45) is 0 Å². The summed E-state index contributed by atoms with van der Waals surface area (Å²) >= 11 is 0. The summed E-state index contributed by atoms with van der Waals surface area (Å²) in [6, 6.07) is 8.48. The smallest absolute Gasteiger partial charge is 0.340 e. The second-order valence-corrected chi connectivity index (χ2v) is 6.26. The number of rotatable bonds is 2. The first-order chi connectivity index (χ1) is 11.2. The van der Waals surface area contributed by atoms with Crippen molar-refractivity contribution < 1.29 is 4.79 Å². The standard InChI is InChI=1S/C17H18N4O2/c22-15(11-14-18-16(23)20-19-14)21-9-7-17(8-10-21)6-5-12-3-1-2-4-13(12)17/h1-6H,7-11H2,(H2,18,19,20,23). The van der Waals surface area contributed by atoms with Gasteiger partial charge in [-0.3, -0.25) is 9.78 Å². The summed E-state index contributed by atoms with van der Waals surface area (Å²) in [6.45, 7) is 1.46. The number of H-pyrrole nitrogens is 2. The zero-order valence-corrected chi connectivity index (χ0v) is 12.7. The number of piperidine rings is 1. The van der Waals surface area contributed by atoms with Gasteiger partial charge in [0.15, 0.2) is 0 Å². The first-order valence-corrected chi connectivity index (χ1v) is 7.86. The number of carbonyl (C=O) groups excluding carboxylic acids is 1. The van der Waals surface area contributed by atoms with Gasteiger partial charge in [-0.15, -0.1) is 0 Å². The fraction of sp³-hybridized carbons (Fsp3) is 0.353. The van der Waals surface area contributed by atoms with Crippen LogP contribution in [0.3, 0.4) is 0 Å². The highest BCUT2D eigenvalue weighted by atomic mass is 16.2. The Morgan fingerprint density at radius 2 is 2.04 bits per heavy atom. The van der Waals surface area contributed by atoms with Gasteiger partial charge in [0.05, 0.1) is 6.42 Å². The van der Waals surface area contributed by atoms with Crippen molar-refractivity contribution in [2.75, 3.05) is 13.1 Å². The van der Waals surface area contributed by atoms with E-state index in [1.807, 2.05) is 4.90 Å². The lowest BCUT2D eigenvalue weighted by atomic mass is 9.74. The molecule has 1 fully saturated rings. The summed E-state index contributed by atoms with van der Waals surface area (Å²) in [6.07, 6.45) is 6.50. The average molecular weight is 310 g/mol. The highest BCUT2D eigenvalue weighted by Gasteiger charge is 2.38. The second kappa shape index (κ2) is 5.22. The molecular weight excluding hydrogens is 292 g/mol. The van der Waals surface area contributed by atoms with Crippen LogP contribution >= 0.6 is 0 Å². The molecule has 0 atom stereocenters. The number of carbonyl (C=O) groups is 1. The summed E-state index contributed by atoms with van der Waals surface area (Å²) in [5.41, 5.74) is 2.37. The molecule has 2 aromatic rings. The Hall–Kier alpha value is -2.63. The number of allylic oxidation sites excluding steroid dienone is 1. The number of aromatic amines is 2. The largest absolute Gasteiger partial charge is 0.342 e. The minimum Gasteiger partial charge on any atom is -0.342 e. The van der Waals surface area contributed by atoms with Crippen molar-refractivity contribution in [3.05, 3.63) is 57.8 Å². The number of hydrogen-bond acceptors (Lipinski definition) is 3. The molecule has 1 amide bonds. The van der Waals surface area contributed by atoms with Gasteiger partial charge in [-0.2, -0.15) is 5.10 Å². The molecule has 2 heterocycles. The van der Waals surface area contributed by atoms with E-state index in [1.54, 1.807) is 0 Å². The fourth-order valence-electron chi connectivity index (χ4n) is 3.67. The molecule has 2 aliphatic rings. The Morgan fingerprint density at radius 1 is 1.26 bits per heavy atom. The average Bonchev–Trinajstić information content (AvgIpc) is 3.13. The van der Waals surface area contributed by atoms with Gasteiger partial charge in [0.25, 0.3) is 0 Å². The molecule has 1 aliphatic heterocycles. The Morgan fingerprint density at radius 3 is 2.78 bits per heavy atom. The maximum atomic E-state index is 12.4. The third kappa shape index (κ3) is 2.40. The Kier molecular flexibility index (Phi) is 3.18. The van der Waals surface area contributed by atoms with Crippen molar-refractivity contribution >= 4 is 12.0 Å². The van der Waals surface area contributed by atoms with Crippen LogP contribution in [0.5, 0.6) is 0 Å². The van der Waals surface area contributed by atoms with Gasteiger partial charge >= 0.3 is 5.69 Å². The normalized spacial score (nSPS) is 18.3.